The Morgan fingerprint density at radius 3 is 2.64 bits per heavy atom. The molecule has 0 aromatic rings. The maximum Gasteiger partial charge on any atom is 0.352 e. The van der Waals surface area contributed by atoms with Crippen molar-refractivity contribution in [3.63, 3.8) is 0 Å². The van der Waals surface area contributed by atoms with Crippen LogP contribution in [-0.4, -0.2) is 69.2 Å². The zero-order chi connectivity index (χ0) is 18.7. The molecule has 0 aliphatic carbocycles. The number of amides is 2. The van der Waals surface area contributed by atoms with Crippen LogP contribution in [0.15, 0.2) is 11.3 Å². The Morgan fingerprint density at radius 2 is 2.08 bits per heavy atom. The van der Waals surface area contributed by atoms with Gasteiger partial charge >= 0.3 is 11.9 Å². The van der Waals surface area contributed by atoms with Crippen LogP contribution in [0.1, 0.15) is 13.3 Å². The number of carboxylic acids is 1. The van der Waals surface area contributed by atoms with Crippen molar-refractivity contribution in [3.05, 3.63) is 11.3 Å². The van der Waals surface area contributed by atoms with E-state index in [9.17, 15) is 29.1 Å². The van der Waals surface area contributed by atoms with Crippen LogP contribution in [0.2, 0.25) is 0 Å². The van der Waals surface area contributed by atoms with Gasteiger partial charge in [0.25, 0.3) is 5.91 Å². The molecule has 2 heterocycles. The number of carbonyl (C=O) groups excluding carboxylic acids is 4. The van der Waals surface area contributed by atoms with Crippen LogP contribution in [-0.2, 0) is 28.7 Å². The smallest absolute Gasteiger partial charge is 0.352 e. The quantitative estimate of drug-likeness (QED) is 0.257. The van der Waals surface area contributed by atoms with E-state index in [0.717, 1.165) is 4.90 Å². The van der Waals surface area contributed by atoms with Gasteiger partial charge < -0.3 is 15.2 Å². The van der Waals surface area contributed by atoms with Crippen LogP contribution in [0.4, 0.5) is 0 Å². The predicted octanol–water partition coefficient (Wildman–Crippen LogP) is -0.514. The largest absolute Gasteiger partial charge is 0.477 e. The molecule has 11 heteroatoms. The van der Waals surface area contributed by atoms with Gasteiger partial charge in [0.15, 0.2) is 5.78 Å². The summed E-state index contributed by atoms with van der Waals surface area (Å²) < 4.78 is 4.82. The summed E-state index contributed by atoms with van der Waals surface area (Å²) in [6, 6.07) is -0.912. The van der Waals surface area contributed by atoms with Crippen LogP contribution in [0, 0.1) is 0 Å². The molecule has 0 saturated carbocycles. The number of nitrogens with one attached hydrogen (secondary N) is 1. The number of ketones is 1. The molecule has 25 heavy (non-hydrogen) atoms. The van der Waals surface area contributed by atoms with Gasteiger partial charge in [0.2, 0.25) is 5.91 Å². The van der Waals surface area contributed by atoms with Gasteiger partial charge in [0.05, 0.1) is 12.3 Å². The van der Waals surface area contributed by atoms with E-state index in [1.54, 1.807) is 0 Å². The fourth-order valence-corrected chi connectivity index (χ4v) is 3.86. The molecule has 2 atom stereocenters. The summed E-state index contributed by atoms with van der Waals surface area (Å²) in [5.41, 5.74) is 0.0664. The van der Waals surface area contributed by atoms with Crippen molar-refractivity contribution in [1.29, 1.82) is 0 Å². The Balaban J connectivity index is 2.10. The third-order valence-electron chi connectivity index (χ3n) is 3.52. The molecule has 2 N–H and O–H groups in total. The van der Waals surface area contributed by atoms with Crippen LogP contribution in [0.5, 0.6) is 0 Å². The molecule has 1 saturated heterocycles. The van der Waals surface area contributed by atoms with Gasteiger partial charge in [-0.2, -0.15) is 0 Å². The number of carbonyl (C=O) groups is 5. The first-order valence-electron chi connectivity index (χ1n) is 7.16. The number of aliphatic carboxylic acids is 1. The Hall–Kier alpha value is -2.07. The number of hydrogen-bond donors (Lipinski definition) is 2. The molecular weight excluding hydrogens is 376 g/mol. The molecule has 1 fully saturated rings. The Kier molecular flexibility index (Phi) is 6.07. The minimum absolute atomic E-state index is 0.221. The van der Waals surface area contributed by atoms with E-state index in [2.05, 4.69) is 5.32 Å². The highest BCUT2D eigenvalue weighted by atomic mass is 35.5. The third-order valence-corrected chi connectivity index (χ3v) is 5.16. The summed E-state index contributed by atoms with van der Waals surface area (Å²) in [6.45, 7) is 0.976. The number of fused-ring (bicyclic) bond motifs is 1. The molecule has 0 aromatic carbocycles. The summed E-state index contributed by atoms with van der Waals surface area (Å²) >= 11 is 6.57. The zero-order valence-electron chi connectivity index (χ0n) is 13.1. The van der Waals surface area contributed by atoms with Crippen molar-refractivity contribution in [3.8, 4) is 0 Å². The number of esters is 1. The van der Waals surface area contributed by atoms with Crippen molar-refractivity contribution in [2.24, 2.45) is 0 Å². The van der Waals surface area contributed by atoms with Crippen molar-refractivity contribution in [1.82, 2.24) is 10.2 Å². The van der Waals surface area contributed by atoms with E-state index < -0.39 is 47.4 Å². The van der Waals surface area contributed by atoms with E-state index in [1.807, 2.05) is 0 Å². The topological polar surface area (TPSA) is 130 Å². The number of thioether (sulfide) groups is 1. The third kappa shape index (κ3) is 4.13. The lowest BCUT2D eigenvalue weighted by atomic mass is 10.0. The normalized spacial score (nSPS) is 22.0. The van der Waals surface area contributed by atoms with Gasteiger partial charge in [0, 0.05) is 18.2 Å². The Morgan fingerprint density at radius 1 is 1.40 bits per heavy atom. The molecular formula is C14H15ClN2O7S. The summed E-state index contributed by atoms with van der Waals surface area (Å²) in [7, 11) is 0. The Bertz CT molecular complexity index is 678. The number of rotatable bonds is 7. The van der Waals surface area contributed by atoms with Gasteiger partial charge in [-0.3, -0.25) is 24.1 Å². The second-order valence-corrected chi connectivity index (χ2v) is 6.71. The minimum Gasteiger partial charge on any atom is -0.477 e. The summed E-state index contributed by atoms with van der Waals surface area (Å²) in [5.74, 6) is -3.67. The van der Waals surface area contributed by atoms with Crippen LogP contribution in [0.25, 0.3) is 0 Å². The molecule has 0 spiro atoms. The first kappa shape index (κ1) is 19.3. The Labute approximate surface area is 151 Å². The van der Waals surface area contributed by atoms with Gasteiger partial charge in [0.1, 0.15) is 23.7 Å². The fraction of sp³-hybridized carbons (Fsp3) is 0.500. The zero-order valence-corrected chi connectivity index (χ0v) is 14.7. The van der Waals surface area contributed by atoms with E-state index >= 15 is 0 Å². The minimum atomic E-state index is -1.32. The standard InChI is InChI=1S/C14H15ClN2O7S/c1-6(18)24-4-7-5-25-13-10(16-9(20)2-8(19)3-15)12(21)17(13)11(7)14(22)23/h10,13H,2-5H2,1H3,(H,16,20)(H,22,23)/t10-,13-/m0/s1. The van der Waals surface area contributed by atoms with Crippen molar-refractivity contribution >= 4 is 52.9 Å². The number of ether oxygens (including phenoxy) is 1. The lowest BCUT2D eigenvalue weighted by Crippen LogP contribution is -2.70. The summed E-state index contributed by atoms with van der Waals surface area (Å²) in [5, 5.41) is 11.2. The predicted molar refractivity (Wildman–Crippen MR) is 86.7 cm³/mol. The first-order valence-corrected chi connectivity index (χ1v) is 8.75. The molecule has 0 unspecified atom stereocenters. The lowest BCUT2D eigenvalue weighted by Gasteiger charge is -2.49. The molecule has 0 bridgehead atoms. The van der Waals surface area contributed by atoms with Gasteiger partial charge in [-0.25, -0.2) is 4.79 Å². The first-order chi connectivity index (χ1) is 11.8. The number of Topliss-reactive ketones (excluding diaryl/α,β-unsaturated/α-hetero) is 1. The fourth-order valence-electron chi connectivity index (χ4n) is 2.43. The van der Waals surface area contributed by atoms with Crippen molar-refractivity contribution < 1.29 is 33.8 Å². The highest BCUT2D eigenvalue weighted by Crippen LogP contribution is 2.40. The van der Waals surface area contributed by atoms with Crippen LogP contribution >= 0.6 is 23.4 Å². The number of hydrogen-bond acceptors (Lipinski definition) is 7. The van der Waals surface area contributed by atoms with Gasteiger partial charge in [-0.05, 0) is 0 Å². The molecule has 0 aromatic heterocycles. The molecule has 2 amide bonds. The maximum atomic E-state index is 12.3. The average molecular weight is 391 g/mol. The SMILES string of the molecule is CC(=O)OCC1=C(C(=O)O)N2C(=O)[C@H](NC(=O)CC(=O)CCl)[C@@H]2SC1. The van der Waals surface area contributed by atoms with Crippen LogP contribution < -0.4 is 5.32 Å². The van der Waals surface area contributed by atoms with Gasteiger partial charge in [-0.1, -0.05) is 0 Å². The number of nitrogens with zero attached hydrogens (tertiary/aromatic N) is 1. The van der Waals surface area contributed by atoms with Crippen LogP contribution in [0.3, 0.4) is 0 Å². The molecule has 136 valence electrons. The molecule has 9 nitrogen and oxygen atoms in total. The monoisotopic (exact) mass is 390 g/mol. The second kappa shape index (κ2) is 7.87. The molecule has 0 radical (unpaired) electrons. The highest BCUT2D eigenvalue weighted by Gasteiger charge is 2.54. The number of halogens is 1. The second-order valence-electron chi connectivity index (χ2n) is 5.34. The van der Waals surface area contributed by atoms with Crippen molar-refractivity contribution in [2.75, 3.05) is 18.2 Å². The van der Waals surface area contributed by atoms with Gasteiger partial charge in [-0.15, -0.1) is 23.4 Å². The summed E-state index contributed by atoms with van der Waals surface area (Å²) in [6.07, 6.45) is -0.440. The molecule has 2 aliphatic rings. The average Bonchev–Trinajstić information content (AvgIpc) is 2.56. The van der Waals surface area contributed by atoms with E-state index in [-0.39, 0.29) is 23.9 Å². The lowest BCUT2D eigenvalue weighted by molar-refractivity contribution is -0.151. The molecule has 2 rings (SSSR count). The van der Waals surface area contributed by atoms with Crippen molar-refractivity contribution in [2.45, 2.75) is 24.8 Å². The summed E-state index contributed by atoms with van der Waals surface area (Å²) in [4.78, 5) is 58.6. The number of carboxylic acid groups (broad SMARTS) is 1. The van der Waals surface area contributed by atoms with E-state index in [0.29, 0.717) is 5.57 Å². The van der Waals surface area contributed by atoms with E-state index in [1.165, 1.54) is 18.7 Å². The number of β-lactam (4-membered cyclic amide) rings is 1. The van der Waals surface area contributed by atoms with E-state index in [4.69, 9.17) is 16.3 Å². The highest BCUT2D eigenvalue weighted by molar-refractivity contribution is 8.00. The molecule has 2 aliphatic heterocycles. The maximum absolute atomic E-state index is 12.3. The number of alkyl halides is 1.